The van der Waals surface area contributed by atoms with Gasteiger partial charge in [-0.25, -0.2) is 9.50 Å². The molecule has 25 heavy (non-hydrogen) atoms. The summed E-state index contributed by atoms with van der Waals surface area (Å²) in [6.07, 6.45) is 1.77. The molecule has 0 spiro atoms. The molecular weight excluding hydrogens is 320 g/mol. The fraction of sp³-hybridized carbons (Fsp3) is 0.647. The molecule has 0 radical (unpaired) electrons. The Hall–Kier alpha value is -2.06. The number of hydrogen-bond acceptors (Lipinski definition) is 6. The molecule has 1 aliphatic heterocycles. The molecule has 0 unspecified atom stereocenters. The second-order valence-corrected chi connectivity index (χ2v) is 7.10. The molecule has 1 aliphatic rings. The van der Waals surface area contributed by atoms with Crippen LogP contribution in [0.2, 0.25) is 0 Å². The first-order valence-electron chi connectivity index (χ1n) is 8.64. The van der Waals surface area contributed by atoms with Gasteiger partial charge < -0.3 is 10.1 Å². The minimum Gasteiger partial charge on any atom is -0.379 e. The zero-order chi connectivity index (χ0) is 18.0. The summed E-state index contributed by atoms with van der Waals surface area (Å²) in [6, 6.07) is 0. The van der Waals surface area contributed by atoms with E-state index >= 15 is 0 Å². The first-order valence-corrected chi connectivity index (χ1v) is 8.64. The molecule has 0 saturated carbocycles. The fourth-order valence-corrected chi connectivity index (χ4v) is 3.23. The Labute approximate surface area is 147 Å². The van der Waals surface area contributed by atoms with E-state index in [4.69, 9.17) is 4.74 Å². The largest absolute Gasteiger partial charge is 0.379 e. The summed E-state index contributed by atoms with van der Waals surface area (Å²) in [5.74, 6) is 0.557. The highest BCUT2D eigenvalue weighted by Gasteiger charge is 2.28. The molecule has 1 fully saturated rings. The van der Waals surface area contributed by atoms with E-state index in [2.05, 4.69) is 39.1 Å². The Morgan fingerprint density at radius 1 is 1.32 bits per heavy atom. The van der Waals surface area contributed by atoms with E-state index in [1.165, 1.54) is 6.33 Å². The Balaban J connectivity index is 1.64. The van der Waals surface area contributed by atoms with Crippen LogP contribution in [0.1, 0.15) is 30.8 Å². The summed E-state index contributed by atoms with van der Waals surface area (Å²) in [7, 11) is 0. The molecule has 136 valence electrons. The van der Waals surface area contributed by atoms with Crippen molar-refractivity contribution in [3.63, 3.8) is 0 Å². The molecule has 1 amide bonds. The van der Waals surface area contributed by atoms with Crippen molar-refractivity contribution >= 4 is 11.7 Å². The van der Waals surface area contributed by atoms with Gasteiger partial charge in [-0.2, -0.15) is 10.1 Å². The van der Waals surface area contributed by atoms with Crippen LogP contribution in [0.25, 0.3) is 5.78 Å². The van der Waals surface area contributed by atoms with Crippen LogP contribution in [0.15, 0.2) is 6.33 Å². The van der Waals surface area contributed by atoms with Crippen LogP contribution >= 0.6 is 0 Å². The van der Waals surface area contributed by atoms with Crippen molar-refractivity contribution in [3.8, 4) is 0 Å². The number of carbonyl (C=O) groups excluding carboxylic acids is 1. The van der Waals surface area contributed by atoms with Gasteiger partial charge >= 0.3 is 0 Å². The lowest BCUT2D eigenvalue weighted by molar-refractivity contribution is -0.121. The molecule has 0 aliphatic carbocycles. The van der Waals surface area contributed by atoms with Gasteiger partial charge in [0.15, 0.2) is 0 Å². The Morgan fingerprint density at radius 3 is 2.76 bits per heavy atom. The molecule has 1 saturated heterocycles. The van der Waals surface area contributed by atoms with E-state index in [1.807, 2.05) is 13.8 Å². The summed E-state index contributed by atoms with van der Waals surface area (Å²) < 4.78 is 7.08. The Kier molecular flexibility index (Phi) is 5.01. The van der Waals surface area contributed by atoms with Crippen LogP contribution in [0.3, 0.4) is 0 Å². The first kappa shape index (κ1) is 17.8. The van der Waals surface area contributed by atoms with E-state index < -0.39 is 0 Å². The van der Waals surface area contributed by atoms with Crippen LogP contribution in [-0.4, -0.2) is 68.8 Å². The molecular formula is C17H26N6O2. The zero-order valence-electron chi connectivity index (χ0n) is 15.4. The molecule has 2 aromatic heterocycles. The average molecular weight is 346 g/mol. The predicted molar refractivity (Wildman–Crippen MR) is 93.4 cm³/mol. The zero-order valence-corrected chi connectivity index (χ0v) is 15.4. The monoisotopic (exact) mass is 346 g/mol. The quantitative estimate of drug-likeness (QED) is 0.849. The third kappa shape index (κ3) is 3.80. The maximum atomic E-state index is 12.5. The lowest BCUT2D eigenvalue weighted by atomic mass is 10.0. The summed E-state index contributed by atoms with van der Waals surface area (Å²) >= 11 is 0. The number of ether oxygens (including phenoxy) is 1. The van der Waals surface area contributed by atoms with Gasteiger partial charge in [0.05, 0.1) is 19.6 Å². The van der Waals surface area contributed by atoms with Crippen LogP contribution in [0.5, 0.6) is 0 Å². The highest BCUT2D eigenvalue weighted by Crippen LogP contribution is 2.16. The number of amides is 1. The van der Waals surface area contributed by atoms with Gasteiger partial charge in [0.25, 0.3) is 5.78 Å². The first-order chi connectivity index (χ1) is 11.9. The van der Waals surface area contributed by atoms with Gasteiger partial charge in [0, 0.05) is 42.1 Å². The van der Waals surface area contributed by atoms with Crippen molar-refractivity contribution < 1.29 is 9.53 Å². The van der Waals surface area contributed by atoms with E-state index in [0.29, 0.717) is 18.7 Å². The number of nitrogens with one attached hydrogen (secondary N) is 1. The van der Waals surface area contributed by atoms with Gasteiger partial charge in [-0.1, -0.05) is 0 Å². The number of carbonyl (C=O) groups is 1. The number of fused-ring (bicyclic) bond motifs is 1. The lowest BCUT2D eigenvalue weighted by Gasteiger charge is -2.40. The van der Waals surface area contributed by atoms with Gasteiger partial charge in [0.2, 0.25) is 5.91 Å². The summed E-state index contributed by atoms with van der Waals surface area (Å²) in [5.41, 5.74) is 2.53. The van der Waals surface area contributed by atoms with Gasteiger partial charge in [0.1, 0.15) is 6.33 Å². The van der Waals surface area contributed by atoms with Crippen molar-refractivity contribution in [2.75, 3.05) is 32.8 Å². The molecule has 3 rings (SSSR count). The van der Waals surface area contributed by atoms with Crippen molar-refractivity contribution in [2.45, 2.75) is 39.7 Å². The SMILES string of the molecule is Cc1nc2ncnn2c(C)c1CC(=O)NCC(C)(C)N1CCOCC1. The summed E-state index contributed by atoms with van der Waals surface area (Å²) in [4.78, 5) is 23.4. The number of nitrogens with zero attached hydrogens (tertiary/aromatic N) is 5. The van der Waals surface area contributed by atoms with Crippen LogP contribution in [0, 0.1) is 13.8 Å². The van der Waals surface area contributed by atoms with Crippen molar-refractivity contribution in [3.05, 3.63) is 23.3 Å². The molecule has 0 aromatic carbocycles. The molecule has 8 nitrogen and oxygen atoms in total. The third-order valence-corrected chi connectivity index (χ3v) is 4.91. The highest BCUT2D eigenvalue weighted by molar-refractivity contribution is 5.79. The maximum Gasteiger partial charge on any atom is 0.252 e. The van der Waals surface area contributed by atoms with Gasteiger partial charge in [-0.05, 0) is 27.7 Å². The minimum absolute atomic E-state index is 0.00574. The predicted octanol–water partition coefficient (Wildman–Crippen LogP) is 0.511. The van der Waals surface area contributed by atoms with E-state index in [0.717, 1.165) is 43.3 Å². The number of hydrogen-bond donors (Lipinski definition) is 1. The molecule has 2 aromatic rings. The Bertz CT molecular complexity index is 764. The van der Waals surface area contributed by atoms with Crippen LogP contribution < -0.4 is 5.32 Å². The maximum absolute atomic E-state index is 12.5. The number of aromatic nitrogens is 4. The summed E-state index contributed by atoms with van der Waals surface area (Å²) in [5, 5.41) is 7.24. The van der Waals surface area contributed by atoms with Gasteiger partial charge in [-0.3, -0.25) is 9.69 Å². The van der Waals surface area contributed by atoms with Gasteiger partial charge in [-0.15, -0.1) is 0 Å². The number of rotatable bonds is 5. The minimum atomic E-state index is -0.0996. The molecule has 8 heteroatoms. The fourth-order valence-electron chi connectivity index (χ4n) is 3.23. The van der Waals surface area contributed by atoms with Crippen molar-refractivity contribution in [1.82, 2.24) is 29.8 Å². The highest BCUT2D eigenvalue weighted by atomic mass is 16.5. The second kappa shape index (κ2) is 7.05. The third-order valence-electron chi connectivity index (χ3n) is 4.91. The molecule has 3 heterocycles. The second-order valence-electron chi connectivity index (χ2n) is 7.10. The van der Waals surface area contributed by atoms with Crippen molar-refractivity contribution in [1.29, 1.82) is 0 Å². The van der Waals surface area contributed by atoms with E-state index in [1.54, 1.807) is 4.52 Å². The lowest BCUT2D eigenvalue weighted by Crippen LogP contribution is -2.55. The number of morpholine rings is 1. The van der Waals surface area contributed by atoms with Crippen LogP contribution in [-0.2, 0) is 16.0 Å². The number of aryl methyl sites for hydroxylation is 2. The van der Waals surface area contributed by atoms with Crippen LogP contribution in [0.4, 0.5) is 0 Å². The standard InChI is InChI=1S/C17H26N6O2/c1-12-14(13(2)23-16(21-12)19-11-20-23)9-15(24)18-10-17(3,4)22-5-7-25-8-6-22/h11H,5-10H2,1-4H3,(H,18,24). The van der Waals surface area contributed by atoms with Crippen molar-refractivity contribution in [2.24, 2.45) is 0 Å². The molecule has 0 bridgehead atoms. The molecule has 0 atom stereocenters. The Morgan fingerprint density at radius 2 is 2.04 bits per heavy atom. The topological polar surface area (TPSA) is 84.6 Å². The smallest absolute Gasteiger partial charge is 0.252 e. The van der Waals surface area contributed by atoms with E-state index in [9.17, 15) is 4.79 Å². The molecule has 1 N–H and O–H groups in total. The normalized spacial score (nSPS) is 16.3. The summed E-state index contributed by atoms with van der Waals surface area (Å²) in [6.45, 7) is 12.0. The average Bonchev–Trinajstić information content (AvgIpc) is 3.06. The van der Waals surface area contributed by atoms with E-state index in [-0.39, 0.29) is 11.4 Å².